The highest BCUT2D eigenvalue weighted by Crippen LogP contribution is 2.43. The first-order valence-electron chi connectivity index (χ1n) is 4.96. The van der Waals surface area contributed by atoms with Gasteiger partial charge in [-0.05, 0) is 25.8 Å². The number of carbonyl (C=O) groups is 1. The number of hydrogen-bond acceptors (Lipinski definition) is 3. The van der Waals surface area contributed by atoms with Gasteiger partial charge >= 0.3 is 5.97 Å². The molecule has 0 saturated heterocycles. The molecule has 5 nitrogen and oxygen atoms in total. The number of nitrogens with zero attached hydrogens (tertiary/aromatic N) is 2. The van der Waals surface area contributed by atoms with E-state index >= 15 is 0 Å². The first-order chi connectivity index (χ1) is 6.95. The molecule has 0 spiro atoms. The van der Waals surface area contributed by atoms with Crippen LogP contribution in [0.4, 0.5) is 0 Å². The van der Waals surface area contributed by atoms with Gasteiger partial charge in [-0.15, -0.1) is 0 Å². The monoisotopic (exact) mass is 209 g/mol. The molecule has 0 unspecified atom stereocenters. The molecule has 0 bridgehead atoms. The standard InChI is InChI=1S/C10H15N3O2/c1-6-3-8(13(2)12-6)10(9(14)15)4-7(11)5-10/h3,7H,4-5,11H2,1-2H3,(H,14,15). The third kappa shape index (κ3) is 1.34. The van der Waals surface area contributed by atoms with Crippen LogP contribution in [0.15, 0.2) is 6.07 Å². The lowest BCUT2D eigenvalue weighted by atomic mass is 9.63. The molecule has 2 rings (SSSR count). The van der Waals surface area contributed by atoms with Gasteiger partial charge in [-0.3, -0.25) is 9.48 Å². The first kappa shape index (κ1) is 10.2. The molecular weight excluding hydrogens is 194 g/mol. The lowest BCUT2D eigenvalue weighted by Gasteiger charge is -2.42. The largest absolute Gasteiger partial charge is 0.481 e. The zero-order chi connectivity index (χ0) is 11.2. The number of carboxylic acids is 1. The summed E-state index contributed by atoms with van der Waals surface area (Å²) < 4.78 is 1.65. The van der Waals surface area contributed by atoms with Gasteiger partial charge in [-0.25, -0.2) is 0 Å². The normalized spacial score (nSPS) is 29.9. The summed E-state index contributed by atoms with van der Waals surface area (Å²) >= 11 is 0. The number of rotatable bonds is 2. The van der Waals surface area contributed by atoms with E-state index in [-0.39, 0.29) is 6.04 Å². The highest BCUT2D eigenvalue weighted by Gasteiger charge is 2.52. The van der Waals surface area contributed by atoms with Crippen molar-refractivity contribution < 1.29 is 9.90 Å². The maximum absolute atomic E-state index is 11.3. The van der Waals surface area contributed by atoms with Crippen molar-refractivity contribution in [3.8, 4) is 0 Å². The average Bonchev–Trinajstić information content (AvgIpc) is 2.39. The Kier molecular flexibility index (Phi) is 2.08. The van der Waals surface area contributed by atoms with Crippen LogP contribution in [0.2, 0.25) is 0 Å². The summed E-state index contributed by atoms with van der Waals surface area (Å²) in [5, 5.41) is 13.5. The van der Waals surface area contributed by atoms with Gasteiger partial charge in [0.05, 0.1) is 11.4 Å². The highest BCUT2D eigenvalue weighted by molar-refractivity contribution is 5.82. The van der Waals surface area contributed by atoms with Gasteiger partial charge in [-0.2, -0.15) is 5.10 Å². The lowest BCUT2D eigenvalue weighted by Crippen LogP contribution is -2.55. The highest BCUT2D eigenvalue weighted by atomic mass is 16.4. The third-order valence-electron chi connectivity index (χ3n) is 3.12. The Morgan fingerprint density at radius 2 is 2.33 bits per heavy atom. The smallest absolute Gasteiger partial charge is 0.315 e. The Balaban J connectivity index is 2.43. The molecule has 3 N–H and O–H groups in total. The van der Waals surface area contributed by atoms with E-state index in [0.29, 0.717) is 12.8 Å². The van der Waals surface area contributed by atoms with Crippen molar-refractivity contribution >= 4 is 5.97 Å². The van der Waals surface area contributed by atoms with Gasteiger partial charge in [0, 0.05) is 13.1 Å². The van der Waals surface area contributed by atoms with E-state index in [1.807, 2.05) is 13.0 Å². The Labute approximate surface area is 87.9 Å². The number of nitrogens with two attached hydrogens (primary N) is 1. The van der Waals surface area contributed by atoms with Crippen LogP contribution in [-0.4, -0.2) is 26.9 Å². The molecule has 1 aliphatic carbocycles. The number of aliphatic carboxylic acids is 1. The SMILES string of the molecule is Cc1cc(C2(C(=O)O)CC(N)C2)n(C)n1. The van der Waals surface area contributed by atoms with Gasteiger partial charge in [0.1, 0.15) is 5.41 Å². The van der Waals surface area contributed by atoms with E-state index in [0.717, 1.165) is 11.4 Å². The van der Waals surface area contributed by atoms with Crippen LogP contribution in [-0.2, 0) is 17.3 Å². The molecular formula is C10H15N3O2. The zero-order valence-corrected chi connectivity index (χ0v) is 8.90. The molecule has 15 heavy (non-hydrogen) atoms. The second-order valence-corrected chi connectivity index (χ2v) is 4.35. The lowest BCUT2D eigenvalue weighted by molar-refractivity contribution is -0.148. The van der Waals surface area contributed by atoms with Crippen LogP contribution >= 0.6 is 0 Å². The molecule has 82 valence electrons. The summed E-state index contributed by atoms with van der Waals surface area (Å²) in [5.74, 6) is -0.799. The van der Waals surface area contributed by atoms with Gasteiger partial charge in [0.2, 0.25) is 0 Å². The molecule has 0 aromatic carbocycles. The maximum Gasteiger partial charge on any atom is 0.315 e. The Hall–Kier alpha value is -1.36. The molecule has 5 heteroatoms. The molecule has 1 heterocycles. The van der Waals surface area contributed by atoms with Crippen LogP contribution < -0.4 is 5.73 Å². The van der Waals surface area contributed by atoms with Crippen molar-refractivity contribution in [3.05, 3.63) is 17.5 Å². The fourth-order valence-electron chi connectivity index (χ4n) is 2.39. The fraction of sp³-hybridized carbons (Fsp3) is 0.600. The minimum absolute atomic E-state index is 0.00342. The average molecular weight is 209 g/mol. The predicted octanol–water partition coefficient (Wildman–Crippen LogP) is 0.172. The third-order valence-corrected chi connectivity index (χ3v) is 3.12. The van der Waals surface area contributed by atoms with Gasteiger partial charge < -0.3 is 10.8 Å². The fourth-order valence-corrected chi connectivity index (χ4v) is 2.39. The van der Waals surface area contributed by atoms with E-state index < -0.39 is 11.4 Å². The molecule has 0 aliphatic heterocycles. The van der Waals surface area contributed by atoms with Crippen molar-refractivity contribution in [1.82, 2.24) is 9.78 Å². The quantitative estimate of drug-likeness (QED) is 0.727. The van der Waals surface area contributed by atoms with Gasteiger partial charge in [0.25, 0.3) is 0 Å². The van der Waals surface area contributed by atoms with Crippen LogP contribution in [0.1, 0.15) is 24.2 Å². The Morgan fingerprint density at radius 1 is 1.73 bits per heavy atom. The van der Waals surface area contributed by atoms with Crippen molar-refractivity contribution in [2.75, 3.05) is 0 Å². The molecule has 1 aromatic rings. The topological polar surface area (TPSA) is 81.1 Å². The van der Waals surface area contributed by atoms with E-state index in [4.69, 9.17) is 5.73 Å². The van der Waals surface area contributed by atoms with E-state index in [1.165, 1.54) is 0 Å². The van der Waals surface area contributed by atoms with Crippen molar-refractivity contribution in [1.29, 1.82) is 0 Å². The summed E-state index contributed by atoms with van der Waals surface area (Å²) in [7, 11) is 1.77. The van der Waals surface area contributed by atoms with Crippen molar-refractivity contribution in [2.45, 2.75) is 31.2 Å². The number of aryl methyl sites for hydroxylation is 2. The van der Waals surface area contributed by atoms with E-state index in [2.05, 4.69) is 5.10 Å². The Bertz CT molecular complexity index is 405. The first-order valence-corrected chi connectivity index (χ1v) is 4.96. The maximum atomic E-state index is 11.3. The van der Waals surface area contributed by atoms with E-state index in [1.54, 1.807) is 11.7 Å². The molecule has 0 radical (unpaired) electrons. The molecule has 1 fully saturated rings. The van der Waals surface area contributed by atoms with Crippen LogP contribution in [0.25, 0.3) is 0 Å². The number of hydrogen-bond donors (Lipinski definition) is 2. The second kappa shape index (κ2) is 3.06. The minimum atomic E-state index is -0.810. The Morgan fingerprint density at radius 3 is 2.67 bits per heavy atom. The van der Waals surface area contributed by atoms with E-state index in [9.17, 15) is 9.90 Å². The predicted molar refractivity (Wildman–Crippen MR) is 54.5 cm³/mol. The molecule has 1 saturated carbocycles. The molecule has 1 aliphatic rings. The summed E-state index contributed by atoms with van der Waals surface area (Å²) in [6.07, 6.45) is 1.00. The summed E-state index contributed by atoms with van der Waals surface area (Å²) in [6.45, 7) is 1.86. The van der Waals surface area contributed by atoms with Crippen LogP contribution in [0.3, 0.4) is 0 Å². The molecule has 1 aromatic heterocycles. The summed E-state index contributed by atoms with van der Waals surface area (Å²) in [4.78, 5) is 11.3. The van der Waals surface area contributed by atoms with Gasteiger partial charge in [0.15, 0.2) is 0 Å². The zero-order valence-electron chi connectivity index (χ0n) is 8.90. The van der Waals surface area contributed by atoms with Gasteiger partial charge in [-0.1, -0.05) is 0 Å². The number of aromatic nitrogens is 2. The molecule has 0 atom stereocenters. The van der Waals surface area contributed by atoms with Crippen molar-refractivity contribution in [2.24, 2.45) is 12.8 Å². The number of carboxylic acid groups (broad SMARTS) is 1. The summed E-state index contributed by atoms with van der Waals surface area (Å²) in [5.41, 5.74) is 6.48. The van der Waals surface area contributed by atoms with Crippen LogP contribution in [0, 0.1) is 6.92 Å². The minimum Gasteiger partial charge on any atom is -0.481 e. The molecule has 0 amide bonds. The summed E-state index contributed by atoms with van der Waals surface area (Å²) in [6, 6.07) is 1.83. The second-order valence-electron chi connectivity index (χ2n) is 4.35. The van der Waals surface area contributed by atoms with Crippen molar-refractivity contribution in [3.63, 3.8) is 0 Å². The van der Waals surface area contributed by atoms with Crippen LogP contribution in [0.5, 0.6) is 0 Å².